The largest absolute Gasteiger partial charge is 0.349 e. The first-order chi connectivity index (χ1) is 11.6. The summed E-state index contributed by atoms with van der Waals surface area (Å²) in [6.07, 6.45) is 0.583. The fraction of sp³-hybridized carbons (Fsp3) is 0.294. The van der Waals surface area contributed by atoms with Gasteiger partial charge in [-0.25, -0.2) is 5.43 Å². The van der Waals surface area contributed by atoms with E-state index in [0.717, 1.165) is 10.9 Å². The van der Waals surface area contributed by atoms with Crippen LogP contribution in [0.5, 0.6) is 0 Å². The van der Waals surface area contributed by atoms with Crippen LogP contribution in [0.15, 0.2) is 40.2 Å². The number of fused-ring (bicyclic) bond motifs is 1. The zero-order chi connectivity index (χ0) is 17.1. The lowest BCUT2D eigenvalue weighted by Gasteiger charge is -2.14. The number of hydrogen-bond donors (Lipinski definition) is 2. The van der Waals surface area contributed by atoms with Crippen molar-refractivity contribution in [1.29, 1.82) is 0 Å². The van der Waals surface area contributed by atoms with E-state index in [1.165, 1.54) is 0 Å². The molecule has 24 heavy (non-hydrogen) atoms. The van der Waals surface area contributed by atoms with Crippen LogP contribution in [0.3, 0.4) is 0 Å². The molecule has 7 heteroatoms. The minimum Gasteiger partial charge on any atom is -0.349 e. The van der Waals surface area contributed by atoms with Crippen molar-refractivity contribution in [1.82, 2.24) is 15.3 Å². The van der Waals surface area contributed by atoms with Crippen LogP contribution in [0.2, 0.25) is 0 Å². The van der Waals surface area contributed by atoms with Crippen LogP contribution in [0.1, 0.15) is 18.4 Å². The number of aromatic nitrogens is 1. The van der Waals surface area contributed by atoms with Gasteiger partial charge in [0.15, 0.2) is 0 Å². The minimum atomic E-state index is -0.319. The molecule has 124 valence electrons. The lowest BCUT2D eigenvalue weighted by atomic mass is 10.1. The SMILES string of the molecule is Cc1cc2ccccc2n(CCNC(=O)C2=NNC(=O)CC2)c1=O. The molecular weight excluding hydrogens is 308 g/mol. The molecule has 0 unspecified atom stereocenters. The van der Waals surface area contributed by atoms with Crippen molar-refractivity contribution in [2.24, 2.45) is 5.10 Å². The average Bonchev–Trinajstić information content (AvgIpc) is 2.58. The van der Waals surface area contributed by atoms with Gasteiger partial charge in [0.25, 0.3) is 11.5 Å². The number of aryl methyl sites for hydroxylation is 1. The molecule has 0 saturated carbocycles. The Morgan fingerprint density at radius 3 is 2.83 bits per heavy atom. The number of hydrazone groups is 1. The lowest BCUT2D eigenvalue weighted by Crippen LogP contribution is -2.39. The molecule has 1 aliphatic rings. The van der Waals surface area contributed by atoms with E-state index >= 15 is 0 Å². The van der Waals surface area contributed by atoms with Gasteiger partial charge in [-0.1, -0.05) is 18.2 Å². The minimum absolute atomic E-state index is 0.0646. The second-order valence-corrected chi connectivity index (χ2v) is 5.69. The van der Waals surface area contributed by atoms with Gasteiger partial charge in [-0.2, -0.15) is 5.10 Å². The van der Waals surface area contributed by atoms with E-state index < -0.39 is 0 Å². The number of nitrogens with zero attached hydrogens (tertiary/aromatic N) is 2. The molecule has 0 radical (unpaired) electrons. The number of carbonyl (C=O) groups is 2. The number of pyridine rings is 1. The van der Waals surface area contributed by atoms with Crippen molar-refractivity contribution in [3.63, 3.8) is 0 Å². The van der Waals surface area contributed by atoms with Crippen molar-refractivity contribution >= 4 is 28.4 Å². The van der Waals surface area contributed by atoms with E-state index in [1.54, 1.807) is 11.5 Å². The van der Waals surface area contributed by atoms with Crippen molar-refractivity contribution in [2.45, 2.75) is 26.3 Å². The number of benzene rings is 1. The molecule has 1 aromatic heterocycles. The lowest BCUT2D eigenvalue weighted by molar-refractivity contribution is -0.121. The smallest absolute Gasteiger partial charge is 0.267 e. The van der Waals surface area contributed by atoms with Gasteiger partial charge in [0.1, 0.15) is 5.71 Å². The van der Waals surface area contributed by atoms with Gasteiger partial charge >= 0.3 is 0 Å². The third-order valence-corrected chi connectivity index (χ3v) is 3.97. The summed E-state index contributed by atoms with van der Waals surface area (Å²) in [7, 11) is 0. The first-order valence-electron chi connectivity index (χ1n) is 7.79. The highest BCUT2D eigenvalue weighted by molar-refractivity contribution is 6.39. The van der Waals surface area contributed by atoms with Gasteiger partial charge in [0.05, 0.1) is 5.52 Å². The molecule has 0 fully saturated rings. The molecule has 0 bridgehead atoms. The summed E-state index contributed by atoms with van der Waals surface area (Å²) >= 11 is 0. The van der Waals surface area contributed by atoms with Gasteiger partial charge in [-0.05, 0) is 24.4 Å². The summed E-state index contributed by atoms with van der Waals surface area (Å²) in [5.41, 5.74) is 4.04. The molecule has 0 saturated heterocycles. The van der Waals surface area contributed by atoms with Crippen LogP contribution < -0.4 is 16.3 Å². The second-order valence-electron chi connectivity index (χ2n) is 5.69. The standard InChI is InChI=1S/C17H18N4O3/c1-11-10-12-4-2-3-5-14(12)21(17(11)24)9-8-18-16(23)13-6-7-15(22)20-19-13/h2-5,10H,6-9H2,1H3,(H,18,23)(H,20,22). The first kappa shape index (κ1) is 15.9. The van der Waals surface area contributed by atoms with E-state index in [2.05, 4.69) is 15.8 Å². The molecule has 0 atom stereocenters. The zero-order valence-corrected chi connectivity index (χ0v) is 13.3. The zero-order valence-electron chi connectivity index (χ0n) is 13.3. The molecule has 1 aliphatic heterocycles. The highest BCUT2D eigenvalue weighted by Gasteiger charge is 2.17. The number of rotatable bonds is 4. The topological polar surface area (TPSA) is 92.6 Å². The second kappa shape index (κ2) is 6.66. The molecule has 2 aromatic rings. The molecule has 0 aliphatic carbocycles. The summed E-state index contributed by atoms with van der Waals surface area (Å²) in [5.74, 6) is -0.510. The predicted octanol–water partition coefficient (Wildman–Crippen LogP) is 0.692. The third-order valence-electron chi connectivity index (χ3n) is 3.97. The van der Waals surface area contributed by atoms with Crippen LogP contribution in [0.4, 0.5) is 0 Å². The highest BCUT2D eigenvalue weighted by Crippen LogP contribution is 2.12. The maximum absolute atomic E-state index is 12.4. The van der Waals surface area contributed by atoms with Gasteiger partial charge in [-0.15, -0.1) is 0 Å². The first-order valence-corrected chi connectivity index (χ1v) is 7.79. The number of carbonyl (C=O) groups excluding carboxylic acids is 2. The maximum Gasteiger partial charge on any atom is 0.267 e. The van der Waals surface area contributed by atoms with Crippen LogP contribution in [-0.2, 0) is 16.1 Å². The van der Waals surface area contributed by atoms with Crippen LogP contribution in [0.25, 0.3) is 10.9 Å². The summed E-state index contributed by atoms with van der Waals surface area (Å²) in [6, 6.07) is 9.51. The number of para-hydroxylation sites is 1. The molecule has 1 aromatic carbocycles. The van der Waals surface area contributed by atoms with Crippen molar-refractivity contribution in [3.05, 3.63) is 46.2 Å². The fourth-order valence-corrected chi connectivity index (χ4v) is 2.72. The molecule has 7 nitrogen and oxygen atoms in total. The summed E-state index contributed by atoms with van der Waals surface area (Å²) in [6.45, 7) is 2.45. The quantitative estimate of drug-likeness (QED) is 0.866. The number of amides is 2. The molecule has 2 amide bonds. The summed E-state index contributed by atoms with van der Waals surface area (Å²) in [4.78, 5) is 35.4. The predicted molar refractivity (Wildman–Crippen MR) is 90.8 cm³/mol. The van der Waals surface area contributed by atoms with Crippen LogP contribution in [-0.4, -0.2) is 28.6 Å². The normalized spacial score (nSPS) is 14.2. The Hall–Kier alpha value is -2.96. The van der Waals surface area contributed by atoms with Crippen molar-refractivity contribution in [3.8, 4) is 0 Å². The molecule has 2 N–H and O–H groups in total. The van der Waals surface area contributed by atoms with Crippen molar-refractivity contribution in [2.75, 3.05) is 6.54 Å². The Labute approximate surface area is 138 Å². The molecule has 3 rings (SSSR count). The summed E-state index contributed by atoms with van der Waals surface area (Å²) < 4.78 is 1.66. The van der Waals surface area contributed by atoms with Gasteiger partial charge in [-0.3, -0.25) is 14.4 Å². The monoisotopic (exact) mass is 326 g/mol. The summed E-state index contributed by atoms with van der Waals surface area (Å²) in [5, 5.41) is 7.49. The van der Waals surface area contributed by atoms with Crippen LogP contribution >= 0.6 is 0 Å². The van der Waals surface area contributed by atoms with E-state index in [0.29, 0.717) is 30.8 Å². The van der Waals surface area contributed by atoms with Gasteiger partial charge in [0, 0.05) is 31.5 Å². The highest BCUT2D eigenvalue weighted by atomic mass is 16.2. The maximum atomic E-state index is 12.4. The van der Waals surface area contributed by atoms with Gasteiger partial charge < -0.3 is 9.88 Å². The third kappa shape index (κ3) is 3.19. The Bertz CT molecular complexity index is 898. The van der Waals surface area contributed by atoms with E-state index in [9.17, 15) is 14.4 Å². The molecular formula is C17H18N4O3. The molecule has 2 heterocycles. The Morgan fingerprint density at radius 2 is 2.08 bits per heavy atom. The fourth-order valence-electron chi connectivity index (χ4n) is 2.72. The Morgan fingerprint density at radius 1 is 1.29 bits per heavy atom. The number of hydrogen-bond acceptors (Lipinski definition) is 4. The van der Waals surface area contributed by atoms with Crippen LogP contribution in [0, 0.1) is 6.92 Å². The molecule has 0 spiro atoms. The van der Waals surface area contributed by atoms with Crippen molar-refractivity contribution < 1.29 is 9.59 Å². The average molecular weight is 326 g/mol. The Kier molecular flexibility index (Phi) is 4.41. The van der Waals surface area contributed by atoms with E-state index in [4.69, 9.17) is 0 Å². The van der Waals surface area contributed by atoms with Gasteiger partial charge in [0.2, 0.25) is 5.91 Å². The van der Waals surface area contributed by atoms with E-state index in [1.807, 2.05) is 30.3 Å². The number of nitrogens with one attached hydrogen (secondary N) is 2. The van der Waals surface area contributed by atoms with E-state index in [-0.39, 0.29) is 23.8 Å². The Balaban J connectivity index is 1.72.